The molecule has 2 N–H and O–H groups in total. The highest BCUT2D eigenvalue weighted by Crippen LogP contribution is 2.30. The van der Waals surface area contributed by atoms with Crippen molar-refractivity contribution in [3.8, 4) is 6.07 Å². The summed E-state index contributed by atoms with van der Waals surface area (Å²) in [6, 6.07) is 16.8. The van der Waals surface area contributed by atoms with Gasteiger partial charge < -0.3 is 14.8 Å². The Labute approximate surface area is 184 Å². The van der Waals surface area contributed by atoms with Gasteiger partial charge in [-0.2, -0.15) is 5.26 Å². The maximum absolute atomic E-state index is 13.1. The van der Waals surface area contributed by atoms with Gasteiger partial charge in [0, 0.05) is 11.1 Å². The largest absolute Gasteiger partial charge is 0.507 e. The van der Waals surface area contributed by atoms with E-state index in [1.807, 2.05) is 48.5 Å². The number of fused-ring (bicyclic) bond motifs is 3. The fraction of sp³-hybridized carbons (Fsp3) is 0.200. The summed E-state index contributed by atoms with van der Waals surface area (Å²) in [5, 5.41) is 20.9. The molecule has 0 fully saturated rings. The Morgan fingerprint density at radius 2 is 1.81 bits per heavy atom. The average molecular weight is 424 g/mol. The third kappa shape index (κ3) is 3.46. The van der Waals surface area contributed by atoms with E-state index < -0.39 is 12.6 Å². The van der Waals surface area contributed by atoms with E-state index in [-0.39, 0.29) is 17.2 Å². The maximum atomic E-state index is 13.1. The molecule has 7 nitrogen and oxygen atoms in total. The van der Waals surface area contributed by atoms with Crippen molar-refractivity contribution in [1.82, 2.24) is 15.0 Å². The molecule has 0 aliphatic heterocycles. The molecule has 7 heteroatoms. The van der Waals surface area contributed by atoms with Crippen molar-refractivity contribution in [2.45, 2.75) is 25.7 Å². The zero-order chi connectivity index (χ0) is 22.1. The Bertz CT molecular complexity index is 1400. The third-order valence-electron chi connectivity index (χ3n) is 5.74. The number of imidazole rings is 1. The lowest BCUT2D eigenvalue weighted by Gasteiger charge is -2.20. The zero-order valence-corrected chi connectivity index (χ0v) is 17.3. The first kappa shape index (κ1) is 19.8. The minimum absolute atomic E-state index is 0.0596. The predicted molar refractivity (Wildman–Crippen MR) is 120 cm³/mol. The predicted octanol–water partition coefficient (Wildman–Crippen LogP) is 4.64. The Balaban J connectivity index is 1.46. The quantitative estimate of drug-likeness (QED) is 0.280. The van der Waals surface area contributed by atoms with Crippen LogP contribution in [-0.2, 0) is 17.6 Å². The second-order valence-electron chi connectivity index (χ2n) is 7.75. The van der Waals surface area contributed by atoms with Crippen LogP contribution in [0.4, 0.5) is 0 Å². The molecule has 0 spiro atoms. The molecule has 4 aromatic rings. The van der Waals surface area contributed by atoms with Gasteiger partial charge in [0.2, 0.25) is 0 Å². The number of nitrogens with one attached hydrogen (secondary N) is 1. The number of carbonyl (C=O) groups is 1. The summed E-state index contributed by atoms with van der Waals surface area (Å²) in [5.41, 5.74) is 4.46. The molecule has 0 saturated carbocycles. The number of allylic oxidation sites excluding steroid dienone is 1. The second kappa shape index (κ2) is 8.16. The number of benzene rings is 2. The molecule has 0 amide bonds. The van der Waals surface area contributed by atoms with E-state index in [4.69, 9.17) is 9.72 Å². The van der Waals surface area contributed by atoms with Crippen molar-refractivity contribution in [3.05, 3.63) is 76.9 Å². The summed E-state index contributed by atoms with van der Waals surface area (Å²) in [6.45, 7) is -0.426. The summed E-state index contributed by atoms with van der Waals surface area (Å²) in [7, 11) is 0. The number of rotatable bonds is 4. The monoisotopic (exact) mass is 424 g/mol. The number of aryl methyl sites for hydroxylation is 1. The first-order valence-corrected chi connectivity index (χ1v) is 10.5. The van der Waals surface area contributed by atoms with Crippen molar-refractivity contribution >= 4 is 33.5 Å². The number of pyridine rings is 1. The number of aromatic nitrogens is 3. The Hall–Kier alpha value is -4.18. The highest BCUT2D eigenvalue weighted by atomic mass is 16.5. The second-order valence-corrected chi connectivity index (χ2v) is 7.75. The van der Waals surface area contributed by atoms with Gasteiger partial charge in [-0.25, -0.2) is 9.78 Å². The molecule has 0 unspecified atom stereocenters. The lowest BCUT2D eigenvalue weighted by Crippen LogP contribution is -2.17. The van der Waals surface area contributed by atoms with Gasteiger partial charge in [-0.1, -0.05) is 30.3 Å². The van der Waals surface area contributed by atoms with Crippen LogP contribution in [0, 0.1) is 11.3 Å². The first-order chi connectivity index (χ1) is 15.7. The third-order valence-corrected chi connectivity index (χ3v) is 5.74. The molecule has 32 heavy (non-hydrogen) atoms. The summed E-state index contributed by atoms with van der Waals surface area (Å²) in [6.07, 6.45) is 3.63. The van der Waals surface area contributed by atoms with E-state index in [9.17, 15) is 15.2 Å². The molecule has 1 aliphatic carbocycles. The summed E-state index contributed by atoms with van der Waals surface area (Å²) in [4.78, 5) is 25.2. The number of nitriles is 1. The van der Waals surface area contributed by atoms with E-state index >= 15 is 0 Å². The summed E-state index contributed by atoms with van der Waals surface area (Å²) >= 11 is 0. The van der Waals surface area contributed by atoms with Crippen molar-refractivity contribution < 1.29 is 14.6 Å². The van der Waals surface area contributed by atoms with Crippen molar-refractivity contribution in [1.29, 1.82) is 5.26 Å². The van der Waals surface area contributed by atoms with Crippen LogP contribution in [0.1, 0.15) is 40.3 Å². The molecule has 2 aromatic carbocycles. The van der Waals surface area contributed by atoms with Crippen LogP contribution in [-0.4, -0.2) is 32.6 Å². The number of aliphatic hydroxyl groups excluding tert-OH is 1. The SMILES string of the molecule is N#C/C(=C(/O)COC(=O)c1c2c(nc3ccccc13)CCCC2)c1nc2ccccc2[nH]1. The van der Waals surface area contributed by atoms with Crippen LogP contribution < -0.4 is 0 Å². The topological polar surface area (TPSA) is 112 Å². The van der Waals surface area contributed by atoms with Crippen LogP contribution in [0.3, 0.4) is 0 Å². The average Bonchev–Trinajstić information content (AvgIpc) is 3.25. The first-order valence-electron chi connectivity index (χ1n) is 10.5. The van der Waals surface area contributed by atoms with Crippen LogP contribution in [0.2, 0.25) is 0 Å². The highest BCUT2D eigenvalue weighted by Gasteiger charge is 2.24. The van der Waals surface area contributed by atoms with Crippen molar-refractivity contribution in [3.63, 3.8) is 0 Å². The Morgan fingerprint density at radius 1 is 1.06 bits per heavy atom. The van der Waals surface area contributed by atoms with Crippen LogP contribution in [0.25, 0.3) is 27.5 Å². The number of ether oxygens (including phenoxy) is 1. The number of H-pyrrole nitrogens is 1. The van der Waals surface area contributed by atoms with Gasteiger partial charge in [0.1, 0.15) is 18.2 Å². The lowest BCUT2D eigenvalue weighted by molar-refractivity contribution is 0.0503. The van der Waals surface area contributed by atoms with Gasteiger partial charge >= 0.3 is 5.97 Å². The maximum Gasteiger partial charge on any atom is 0.339 e. The number of esters is 1. The van der Waals surface area contributed by atoms with E-state index in [0.29, 0.717) is 11.1 Å². The minimum atomic E-state index is -0.532. The number of aromatic amines is 1. The van der Waals surface area contributed by atoms with Crippen LogP contribution >= 0.6 is 0 Å². The number of para-hydroxylation sites is 3. The fourth-order valence-electron chi connectivity index (χ4n) is 4.21. The van der Waals surface area contributed by atoms with Crippen molar-refractivity contribution in [2.75, 3.05) is 6.61 Å². The standard InChI is InChI=1S/C25H20N4O3/c26-13-17(24-28-20-11-5-6-12-21(20)29-24)22(30)14-32-25(31)23-15-7-1-3-9-18(15)27-19-10-4-2-8-16(19)23/h1,3,5-7,9,11-12,30H,2,4,8,10,14H2,(H,28,29)/b22-17-. The van der Waals surface area contributed by atoms with Gasteiger partial charge in [0.05, 0.1) is 22.1 Å². The Morgan fingerprint density at radius 3 is 2.62 bits per heavy atom. The van der Waals surface area contributed by atoms with E-state index in [1.165, 1.54) is 0 Å². The van der Waals surface area contributed by atoms with Gasteiger partial charge in [-0.3, -0.25) is 4.98 Å². The van der Waals surface area contributed by atoms with Gasteiger partial charge in [0.15, 0.2) is 11.6 Å². The molecule has 0 radical (unpaired) electrons. The van der Waals surface area contributed by atoms with E-state index in [2.05, 4.69) is 9.97 Å². The normalized spacial score (nSPS) is 14.0. The molecule has 0 atom stereocenters. The van der Waals surface area contributed by atoms with Crippen LogP contribution in [0.15, 0.2) is 54.3 Å². The molecule has 2 aromatic heterocycles. The molecule has 2 heterocycles. The summed E-state index contributed by atoms with van der Waals surface area (Å²) < 4.78 is 5.48. The number of nitrogens with zero attached hydrogens (tertiary/aromatic N) is 3. The van der Waals surface area contributed by atoms with Gasteiger partial charge in [-0.05, 0) is 49.4 Å². The fourth-order valence-corrected chi connectivity index (χ4v) is 4.21. The zero-order valence-electron chi connectivity index (χ0n) is 17.3. The summed E-state index contributed by atoms with van der Waals surface area (Å²) in [5.74, 6) is -0.656. The lowest BCUT2D eigenvalue weighted by atomic mass is 9.90. The smallest absolute Gasteiger partial charge is 0.339 e. The van der Waals surface area contributed by atoms with Gasteiger partial charge in [0.25, 0.3) is 0 Å². The molecule has 0 bridgehead atoms. The molecule has 5 rings (SSSR count). The molecule has 158 valence electrons. The molecular formula is C25H20N4O3. The number of carbonyl (C=O) groups excluding carboxylic acids is 1. The molecular weight excluding hydrogens is 404 g/mol. The molecule has 0 saturated heterocycles. The number of aliphatic hydroxyl groups is 1. The minimum Gasteiger partial charge on any atom is -0.507 e. The highest BCUT2D eigenvalue weighted by molar-refractivity contribution is 6.05. The van der Waals surface area contributed by atoms with Crippen molar-refractivity contribution in [2.24, 2.45) is 0 Å². The number of hydrogen-bond acceptors (Lipinski definition) is 6. The van der Waals surface area contributed by atoms with Gasteiger partial charge in [-0.15, -0.1) is 0 Å². The Kier molecular flexibility index (Phi) is 5.04. The molecule has 1 aliphatic rings. The van der Waals surface area contributed by atoms with E-state index in [0.717, 1.165) is 53.4 Å². The van der Waals surface area contributed by atoms with E-state index in [1.54, 1.807) is 6.07 Å². The van der Waals surface area contributed by atoms with Crippen LogP contribution in [0.5, 0.6) is 0 Å². The number of hydrogen-bond donors (Lipinski definition) is 2.